The van der Waals surface area contributed by atoms with Crippen LogP contribution in [0.25, 0.3) is 89.7 Å². The molecule has 2 aliphatic heterocycles. The fourth-order valence-electron chi connectivity index (χ4n) is 5.59. The van der Waals surface area contributed by atoms with Gasteiger partial charge in [0.1, 0.15) is 22.6 Å². The molecule has 194 valence electrons. The third-order valence-electron chi connectivity index (χ3n) is 7.46. The fraction of sp³-hybridized carbons (Fsp3) is 0. The Hall–Kier alpha value is -5.28. The van der Waals surface area contributed by atoms with Crippen molar-refractivity contribution in [1.82, 2.24) is 39.9 Å². The molecule has 0 amide bonds. The summed E-state index contributed by atoms with van der Waals surface area (Å²) in [6.07, 6.45) is 0. The number of hydrogen-bond donors (Lipinski definition) is 2. The van der Waals surface area contributed by atoms with E-state index in [1.165, 1.54) is 0 Å². The van der Waals surface area contributed by atoms with Crippen molar-refractivity contribution >= 4 is 61.1 Å². The minimum absolute atomic E-state index is 0. The minimum Gasteiger partial charge on any atom is -0.324 e. The van der Waals surface area contributed by atoms with Crippen molar-refractivity contribution in [2.24, 2.45) is 0 Å². The van der Waals surface area contributed by atoms with Gasteiger partial charge in [0, 0.05) is 43.8 Å². The number of halogens is 1. The number of aromatic amines is 2. The van der Waals surface area contributed by atoms with Crippen LogP contribution in [0.15, 0.2) is 97.1 Å². The fourth-order valence-corrected chi connectivity index (χ4v) is 5.59. The van der Waals surface area contributed by atoms with E-state index in [9.17, 15) is 0 Å². The molecule has 0 saturated carbocycles. The zero-order valence-corrected chi connectivity index (χ0v) is 23.0. The van der Waals surface area contributed by atoms with E-state index in [0.717, 1.165) is 43.8 Å². The van der Waals surface area contributed by atoms with Gasteiger partial charge in [-0.15, -0.1) is 17.0 Å². The van der Waals surface area contributed by atoms with Crippen LogP contribution in [0.4, 0.5) is 0 Å². The molecule has 5 heterocycles. The molecule has 0 unspecified atom stereocenters. The molecule has 0 atom stereocenters. The normalized spacial score (nSPS) is 11.7. The van der Waals surface area contributed by atoms with E-state index in [1.54, 1.807) is 0 Å². The summed E-state index contributed by atoms with van der Waals surface area (Å²) in [6.45, 7) is 0. The first-order valence-electron chi connectivity index (χ1n) is 13.0. The van der Waals surface area contributed by atoms with Gasteiger partial charge in [-0.3, -0.25) is 0 Å². The first-order valence-corrected chi connectivity index (χ1v) is 13.0. The molecule has 7 aromatic rings. The van der Waals surface area contributed by atoms with Crippen LogP contribution in [0.2, 0.25) is 0 Å². The maximum absolute atomic E-state index is 5.02. The Bertz CT molecular complexity index is 2030. The molecule has 9 heteroatoms. The predicted molar refractivity (Wildman–Crippen MR) is 166 cm³/mol. The Kier molecular flexibility index (Phi) is 5.10. The van der Waals surface area contributed by atoms with Gasteiger partial charge in [0.15, 0.2) is 23.3 Å². The molecular weight excluding hydrogens is 576 g/mol. The Morgan fingerprint density at radius 1 is 0.317 bits per heavy atom. The molecule has 3 aromatic heterocycles. The van der Waals surface area contributed by atoms with Crippen molar-refractivity contribution in [3.63, 3.8) is 0 Å². The lowest BCUT2D eigenvalue weighted by atomic mass is 10.1. The number of hydrogen-bond acceptors (Lipinski definition) is 6. The van der Waals surface area contributed by atoms with E-state index in [0.29, 0.717) is 45.9 Å². The van der Waals surface area contributed by atoms with Gasteiger partial charge < -0.3 is 9.97 Å². The second-order valence-electron chi connectivity index (χ2n) is 9.79. The van der Waals surface area contributed by atoms with Crippen LogP contribution in [-0.4, -0.2) is 39.9 Å². The number of rotatable bonds is 0. The molecule has 41 heavy (non-hydrogen) atoms. The summed E-state index contributed by atoms with van der Waals surface area (Å²) in [5.74, 6) is 2.39. The maximum atomic E-state index is 5.02. The van der Waals surface area contributed by atoms with E-state index in [4.69, 9.17) is 29.9 Å². The third-order valence-corrected chi connectivity index (χ3v) is 7.46. The van der Waals surface area contributed by atoms with Crippen LogP contribution in [-0.2, 0) is 0 Å². The van der Waals surface area contributed by atoms with Crippen LogP contribution in [0.5, 0.6) is 0 Å². The molecule has 4 aromatic carbocycles. The van der Waals surface area contributed by atoms with Gasteiger partial charge in [0.25, 0.3) is 0 Å². The van der Waals surface area contributed by atoms with E-state index < -0.39 is 0 Å². The molecule has 8 nitrogen and oxygen atoms in total. The van der Waals surface area contributed by atoms with Crippen LogP contribution < -0.4 is 0 Å². The van der Waals surface area contributed by atoms with Gasteiger partial charge in [0.2, 0.25) is 0 Å². The smallest absolute Gasteiger partial charge is 0.164 e. The van der Waals surface area contributed by atoms with Gasteiger partial charge in [-0.2, -0.15) is 0 Å². The van der Waals surface area contributed by atoms with Crippen LogP contribution in [0.1, 0.15) is 0 Å². The molecule has 2 aliphatic rings. The SMILES string of the molecule is Br.c1ccc2c(c1)-c1nc-2nc2[nH]c(nc3nc(nc4[nH]c(n1)c1ccccc41)-c1ccccc1-3)c1ccccc21. The van der Waals surface area contributed by atoms with Crippen LogP contribution >= 0.6 is 17.0 Å². The molecule has 0 fully saturated rings. The van der Waals surface area contributed by atoms with Crippen molar-refractivity contribution in [3.8, 4) is 45.6 Å². The van der Waals surface area contributed by atoms with Gasteiger partial charge in [0.05, 0.1) is 0 Å². The van der Waals surface area contributed by atoms with E-state index in [1.807, 2.05) is 97.1 Å². The van der Waals surface area contributed by atoms with Gasteiger partial charge >= 0.3 is 0 Å². The predicted octanol–water partition coefficient (Wildman–Crippen LogP) is 7.45. The van der Waals surface area contributed by atoms with Gasteiger partial charge in [-0.1, -0.05) is 97.1 Å². The van der Waals surface area contributed by atoms with E-state index in [-0.39, 0.29) is 17.0 Å². The van der Waals surface area contributed by atoms with Crippen LogP contribution in [0.3, 0.4) is 0 Å². The van der Waals surface area contributed by atoms with Crippen molar-refractivity contribution < 1.29 is 0 Å². The summed E-state index contributed by atoms with van der Waals surface area (Å²) in [5, 5.41) is 3.82. The number of aromatic nitrogens is 8. The molecule has 2 N–H and O–H groups in total. The molecule has 0 aliphatic carbocycles. The lowest BCUT2D eigenvalue weighted by Crippen LogP contribution is -1.82. The highest BCUT2D eigenvalue weighted by Crippen LogP contribution is 2.36. The molecule has 9 rings (SSSR count). The lowest BCUT2D eigenvalue weighted by Gasteiger charge is -1.96. The second-order valence-corrected chi connectivity index (χ2v) is 9.79. The van der Waals surface area contributed by atoms with E-state index >= 15 is 0 Å². The molecule has 0 radical (unpaired) electrons. The summed E-state index contributed by atoms with van der Waals surface area (Å²) >= 11 is 0. The Labute approximate surface area is 243 Å². The molecular formula is C32H19BrN8. The van der Waals surface area contributed by atoms with E-state index in [2.05, 4.69) is 9.97 Å². The molecule has 0 spiro atoms. The Morgan fingerprint density at radius 2 is 0.561 bits per heavy atom. The van der Waals surface area contributed by atoms with Crippen molar-refractivity contribution in [2.45, 2.75) is 0 Å². The second kappa shape index (κ2) is 8.87. The number of fused-ring (bicyclic) bond motifs is 20. The monoisotopic (exact) mass is 594 g/mol. The third kappa shape index (κ3) is 3.52. The highest BCUT2D eigenvalue weighted by molar-refractivity contribution is 8.93. The summed E-state index contributed by atoms with van der Waals surface area (Å²) in [7, 11) is 0. The highest BCUT2D eigenvalue weighted by Gasteiger charge is 2.21. The topological polar surface area (TPSA) is 109 Å². The average molecular weight is 595 g/mol. The average Bonchev–Trinajstić information content (AvgIpc) is 3.73. The van der Waals surface area contributed by atoms with Gasteiger partial charge in [-0.05, 0) is 0 Å². The highest BCUT2D eigenvalue weighted by atomic mass is 79.9. The van der Waals surface area contributed by atoms with Crippen molar-refractivity contribution in [1.29, 1.82) is 0 Å². The summed E-state index contributed by atoms with van der Waals surface area (Å²) < 4.78 is 0. The number of nitrogens with zero attached hydrogens (tertiary/aromatic N) is 6. The summed E-state index contributed by atoms with van der Waals surface area (Å²) in [4.78, 5) is 36.8. The first kappa shape index (κ1) is 23.6. The van der Waals surface area contributed by atoms with Crippen LogP contribution in [0, 0.1) is 0 Å². The molecule has 8 bridgehead atoms. The van der Waals surface area contributed by atoms with Gasteiger partial charge in [-0.25, -0.2) is 29.9 Å². The first-order chi connectivity index (χ1) is 19.8. The minimum atomic E-state index is 0. The zero-order chi connectivity index (χ0) is 26.2. The number of benzene rings is 4. The number of H-pyrrole nitrogens is 2. The largest absolute Gasteiger partial charge is 0.324 e. The zero-order valence-electron chi connectivity index (χ0n) is 21.3. The Morgan fingerprint density at radius 3 is 0.829 bits per heavy atom. The maximum Gasteiger partial charge on any atom is 0.164 e. The number of nitrogens with one attached hydrogen (secondary N) is 2. The van der Waals surface area contributed by atoms with Crippen molar-refractivity contribution in [3.05, 3.63) is 97.1 Å². The summed E-state index contributed by atoms with van der Waals surface area (Å²) in [6, 6.07) is 32.2. The summed E-state index contributed by atoms with van der Waals surface area (Å²) in [5.41, 5.74) is 6.45. The quantitative estimate of drug-likeness (QED) is 0.189. The van der Waals surface area contributed by atoms with Crippen molar-refractivity contribution in [2.75, 3.05) is 0 Å². The molecule has 0 saturated heterocycles. The lowest BCUT2D eigenvalue weighted by molar-refractivity contribution is 1.19. The Balaban J connectivity index is 0.00000256. The standard InChI is InChI=1S/C32H18N8.BrH/c1-2-10-18-17(9-1)25-33-26(18)38-28-21-13-5-6-14-22(21)30(35-28)40-32-24-16-8-7-15-23(24)31(36-32)39-29-20-12-4-3-11-19(20)27(34-29)37-25;/h1-16H,(H2,33,34,35,36,37,38,39,40);1H.